The summed E-state index contributed by atoms with van der Waals surface area (Å²) in [6.45, 7) is 3.43. The largest absolute Gasteiger partial charge is 0.339 e. The Labute approximate surface area is 64.6 Å². The summed E-state index contributed by atoms with van der Waals surface area (Å²) in [6, 6.07) is 0. The van der Waals surface area contributed by atoms with Gasteiger partial charge in [0.15, 0.2) is 0 Å². The fourth-order valence-corrected chi connectivity index (χ4v) is 0.713. The fraction of sp³-hybridized carbons (Fsp3) is 0.571. The molecule has 0 aromatic carbocycles. The molecule has 0 aliphatic carbocycles. The molecule has 0 unspecified atom stereocenters. The molecule has 0 aliphatic rings. The number of carbonyl (C=O) groups excluding carboxylic acids is 1. The van der Waals surface area contributed by atoms with Gasteiger partial charge < -0.3 is 4.52 Å². The van der Waals surface area contributed by atoms with Crippen LogP contribution in [0.1, 0.15) is 36.8 Å². The molecule has 4 nitrogen and oxygen atoms in total. The van der Waals surface area contributed by atoms with Crippen molar-refractivity contribution in [3.05, 3.63) is 11.7 Å². The number of ketones is 1. The minimum Gasteiger partial charge on any atom is -0.339 e. The molecule has 0 saturated heterocycles. The maximum atomic E-state index is 10.7. The molecule has 0 saturated carbocycles. The van der Waals surface area contributed by atoms with Crippen molar-refractivity contribution in [3.8, 4) is 0 Å². The first-order valence-electron chi connectivity index (χ1n) is 3.57. The molecule has 0 spiro atoms. The highest BCUT2D eigenvalue weighted by molar-refractivity contribution is 5.89. The molecular weight excluding hydrogens is 144 g/mol. The first-order valence-corrected chi connectivity index (χ1v) is 3.57. The van der Waals surface area contributed by atoms with Gasteiger partial charge in [0.2, 0.25) is 17.5 Å². The number of aryl methyl sites for hydroxylation is 1. The summed E-state index contributed by atoms with van der Waals surface area (Å²) < 4.78 is 4.78. The van der Waals surface area contributed by atoms with E-state index in [0.29, 0.717) is 5.89 Å². The molecule has 11 heavy (non-hydrogen) atoms. The zero-order chi connectivity index (χ0) is 8.27. The lowest BCUT2D eigenvalue weighted by Crippen LogP contribution is -1.94. The van der Waals surface area contributed by atoms with E-state index in [4.69, 9.17) is 4.52 Å². The molecule has 60 valence electrons. The predicted octanol–water partition coefficient (Wildman–Crippen LogP) is 1.22. The highest BCUT2D eigenvalue weighted by atomic mass is 16.5. The average molecular weight is 154 g/mol. The van der Waals surface area contributed by atoms with Crippen molar-refractivity contribution in [3.63, 3.8) is 0 Å². The second-order valence-electron chi connectivity index (χ2n) is 2.32. The smallest absolute Gasteiger partial charge is 0.238 e. The second kappa shape index (κ2) is 3.27. The van der Waals surface area contributed by atoms with E-state index < -0.39 is 0 Å². The molecule has 0 amide bonds. The molecule has 0 fully saturated rings. The zero-order valence-corrected chi connectivity index (χ0v) is 6.63. The lowest BCUT2D eigenvalue weighted by atomic mass is 10.3. The van der Waals surface area contributed by atoms with Gasteiger partial charge in [-0.1, -0.05) is 12.1 Å². The summed E-state index contributed by atoms with van der Waals surface area (Å²) in [7, 11) is 0. The zero-order valence-electron chi connectivity index (χ0n) is 6.63. The van der Waals surface area contributed by atoms with Gasteiger partial charge in [0.1, 0.15) is 0 Å². The van der Waals surface area contributed by atoms with Crippen LogP contribution in [-0.4, -0.2) is 15.9 Å². The molecule has 1 rings (SSSR count). The number of hydrogen-bond donors (Lipinski definition) is 0. The number of nitrogens with zero attached hydrogens (tertiary/aromatic N) is 2. The van der Waals surface area contributed by atoms with E-state index in [1.807, 2.05) is 6.92 Å². The van der Waals surface area contributed by atoms with Crippen molar-refractivity contribution >= 4 is 5.78 Å². The molecule has 4 heteroatoms. The van der Waals surface area contributed by atoms with Gasteiger partial charge in [-0.05, 0) is 6.42 Å². The van der Waals surface area contributed by atoms with Gasteiger partial charge in [0, 0.05) is 13.3 Å². The molecule has 0 bridgehead atoms. The van der Waals surface area contributed by atoms with Crippen molar-refractivity contribution in [2.75, 3.05) is 0 Å². The lowest BCUT2D eigenvalue weighted by Gasteiger charge is -1.82. The highest BCUT2D eigenvalue weighted by Crippen LogP contribution is 2.00. The van der Waals surface area contributed by atoms with Crippen LogP contribution in [0.25, 0.3) is 0 Å². The highest BCUT2D eigenvalue weighted by Gasteiger charge is 2.08. The van der Waals surface area contributed by atoms with E-state index in [0.717, 1.165) is 12.8 Å². The number of carbonyl (C=O) groups is 1. The van der Waals surface area contributed by atoms with Crippen LogP contribution in [0.15, 0.2) is 4.52 Å². The van der Waals surface area contributed by atoms with E-state index in [9.17, 15) is 4.79 Å². The summed E-state index contributed by atoms with van der Waals surface area (Å²) >= 11 is 0. The third-order valence-corrected chi connectivity index (χ3v) is 1.25. The Hall–Kier alpha value is -1.19. The lowest BCUT2D eigenvalue weighted by molar-refractivity contribution is 0.100. The van der Waals surface area contributed by atoms with Gasteiger partial charge in [-0.3, -0.25) is 4.79 Å². The number of Topliss-reactive ketones (excluding diaryl/α,β-unsaturated/α-hetero) is 1. The van der Waals surface area contributed by atoms with Crippen LogP contribution in [0.4, 0.5) is 0 Å². The molecule has 0 aliphatic heterocycles. The molecule has 1 heterocycles. The van der Waals surface area contributed by atoms with Crippen LogP contribution in [0.5, 0.6) is 0 Å². The third kappa shape index (κ3) is 1.86. The first kappa shape index (κ1) is 7.91. The first-order chi connectivity index (χ1) is 5.24. The van der Waals surface area contributed by atoms with Gasteiger partial charge in [-0.15, -0.1) is 0 Å². The Morgan fingerprint density at radius 1 is 1.64 bits per heavy atom. The molecule has 1 aromatic heterocycles. The minimum absolute atomic E-state index is 0.156. The van der Waals surface area contributed by atoms with Gasteiger partial charge in [-0.2, -0.15) is 4.98 Å². The average Bonchev–Trinajstić information content (AvgIpc) is 2.37. The van der Waals surface area contributed by atoms with Crippen LogP contribution in [0.2, 0.25) is 0 Å². The van der Waals surface area contributed by atoms with Crippen molar-refractivity contribution in [1.29, 1.82) is 0 Å². The van der Waals surface area contributed by atoms with Crippen molar-refractivity contribution in [1.82, 2.24) is 10.1 Å². The summed E-state index contributed by atoms with van der Waals surface area (Å²) in [5.74, 6) is 0.558. The summed E-state index contributed by atoms with van der Waals surface area (Å²) in [4.78, 5) is 14.6. The van der Waals surface area contributed by atoms with E-state index >= 15 is 0 Å². The van der Waals surface area contributed by atoms with E-state index in [-0.39, 0.29) is 11.6 Å². The Kier molecular flexibility index (Phi) is 2.36. The molecule has 0 N–H and O–H groups in total. The Bertz CT molecular complexity index is 255. The van der Waals surface area contributed by atoms with Crippen LogP contribution >= 0.6 is 0 Å². The van der Waals surface area contributed by atoms with E-state index in [2.05, 4.69) is 10.1 Å². The molecule has 0 atom stereocenters. The van der Waals surface area contributed by atoms with Gasteiger partial charge >= 0.3 is 0 Å². The summed E-state index contributed by atoms with van der Waals surface area (Å²) in [5, 5.41) is 3.50. The topological polar surface area (TPSA) is 56.0 Å². The van der Waals surface area contributed by atoms with E-state index in [1.54, 1.807) is 0 Å². The second-order valence-corrected chi connectivity index (χ2v) is 2.32. The molecular formula is C7H10N2O2. The number of aromatic nitrogens is 2. The van der Waals surface area contributed by atoms with Crippen LogP contribution in [0.3, 0.4) is 0 Å². The van der Waals surface area contributed by atoms with Crippen LogP contribution in [0, 0.1) is 0 Å². The van der Waals surface area contributed by atoms with Gasteiger partial charge in [-0.25, -0.2) is 0 Å². The fourth-order valence-electron chi connectivity index (χ4n) is 0.713. The Balaban J connectivity index is 2.73. The van der Waals surface area contributed by atoms with Gasteiger partial charge in [0.25, 0.3) is 0 Å². The Morgan fingerprint density at radius 3 is 2.82 bits per heavy atom. The van der Waals surface area contributed by atoms with E-state index in [1.165, 1.54) is 6.92 Å². The van der Waals surface area contributed by atoms with Gasteiger partial charge in [0.05, 0.1) is 0 Å². The molecule has 1 aromatic rings. The van der Waals surface area contributed by atoms with Crippen molar-refractivity contribution in [2.45, 2.75) is 26.7 Å². The predicted molar refractivity (Wildman–Crippen MR) is 38.3 cm³/mol. The number of hydrogen-bond acceptors (Lipinski definition) is 4. The minimum atomic E-state index is -0.156. The summed E-state index contributed by atoms with van der Waals surface area (Å²) in [5.41, 5.74) is 0. The summed E-state index contributed by atoms with van der Waals surface area (Å²) in [6.07, 6.45) is 1.68. The van der Waals surface area contributed by atoms with Crippen molar-refractivity contribution < 1.29 is 9.32 Å². The normalized spacial score (nSPS) is 10.0. The maximum absolute atomic E-state index is 10.7. The van der Waals surface area contributed by atoms with Crippen molar-refractivity contribution in [2.24, 2.45) is 0 Å². The maximum Gasteiger partial charge on any atom is 0.238 e. The quantitative estimate of drug-likeness (QED) is 0.614. The van der Waals surface area contributed by atoms with Crippen LogP contribution < -0.4 is 0 Å². The molecule has 0 radical (unpaired) electrons. The number of rotatable bonds is 3. The monoisotopic (exact) mass is 154 g/mol. The standard InChI is InChI=1S/C7H10N2O2/c1-3-4-6-8-7(5(2)10)9-11-6/h3-4H2,1-2H3. The Morgan fingerprint density at radius 2 is 2.36 bits per heavy atom. The third-order valence-electron chi connectivity index (χ3n) is 1.25. The van der Waals surface area contributed by atoms with Crippen LogP contribution in [-0.2, 0) is 6.42 Å². The SMILES string of the molecule is CCCc1nc(C(C)=O)no1.